The molecule has 0 aliphatic carbocycles. The largest absolute Gasteiger partial charge is 0.345 e. The lowest BCUT2D eigenvalue weighted by Gasteiger charge is -2.08. The molecule has 1 aromatic heterocycles. The molecule has 0 saturated carbocycles. The van der Waals surface area contributed by atoms with Crippen molar-refractivity contribution in [2.75, 3.05) is 14.1 Å². The molecule has 0 unspecified atom stereocenters. The number of amides is 1. The molecule has 0 aromatic carbocycles. The Labute approximate surface area is 91.8 Å². The monoisotopic (exact) mass is 311 g/mol. The molecular weight excluding hydrogens is 306 g/mol. The summed E-state index contributed by atoms with van der Waals surface area (Å²) in [6, 6.07) is 1.82. The molecule has 0 aliphatic rings. The second-order valence-corrected chi connectivity index (χ2v) is 6.19. The standard InChI is InChI=1S/C7H7Br2NOS/c1-10(2)7(11)4-3-5(8)12-6(4)9/h3H,1-2H3. The Kier molecular flexibility index (Phi) is 3.31. The van der Waals surface area contributed by atoms with Gasteiger partial charge in [0.1, 0.15) is 0 Å². The summed E-state index contributed by atoms with van der Waals surface area (Å²) in [6.07, 6.45) is 0. The van der Waals surface area contributed by atoms with Crippen molar-refractivity contribution in [3.8, 4) is 0 Å². The van der Waals surface area contributed by atoms with Crippen molar-refractivity contribution in [3.05, 3.63) is 19.2 Å². The lowest BCUT2D eigenvalue weighted by Crippen LogP contribution is -2.21. The maximum atomic E-state index is 11.5. The molecule has 1 rings (SSSR count). The van der Waals surface area contributed by atoms with Crippen molar-refractivity contribution in [2.24, 2.45) is 0 Å². The first kappa shape index (κ1) is 10.2. The van der Waals surface area contributed by atoms with Gasteiger partial charge in [-0.1, -0.05) is 0 Å². The molecule has 5 heteroatoms. The van der Waals surface area contributed by atoms with Gasteiger partial charge < -0.3 is 4.90 Å². The van der Waals surface area contributed by atoms with Crippen LogP contribution in [0.15, 0.2) is 13.6 Å². The van der Waals surface area contributed by atoms with E-state index < -0.39 is 0 Å². The molecular formula is C7H7Br2NOS. The molecule has 0 spiro atoms. The molecule has 0 N–H and O–H groups in total. The number of halogens is 2. The lowest BCUT2D eigenvalue weighted by molar-refractivity contribution is 0.0827. The Bertz CT molecular complexity index is 308. The van der Waals surface area contributed by atoms with Gasteiger partial charge in [0.2, 0.25) is 0 Å². The average molecular weight is 313 g/mol. The zero-order valence-corrected chi connectivity index (χ0v) is 10.6. The van der Waals surface area contributed by atoms with Crippen molar-refractivity contribution in [1.82, 2.24) is 4.90 Å². The zero-order chi connectivity index (χ0) is 9.30. The van der Waals surface area contributed by atoms with E-state index in [0.29, 0.717) is 5.56 Å². The summed E-state index contributed by atoms with van der Waals surface area (Å²) < 4.78 is 1.83. The molecule has 0 saturated heterocycles. The number of nitrogens with zero attached hydrogens (tertiary/aromatic N) is 1. The second kappa shape index (κ2) is 3.89. The Balaban J connectivity index is 3.02. The Morgan fingerprint density at radius 2 is 2.08 bits per heavy atom. The number of hydrogen-bond donors (Lipinski definition) is 0. The van der Waals surface area contributed by atoms with Gasteiger partial charge >= 0.3 is 0 Å². The first-order valence-corrected chi connectivity index (χ1v) is 5.59. The fraction of sp³-hybridized carbons (Fsp3) is 0.286. The van der Waals surface area contributed by atoms with Gasteiger partial charge in [-0.2, -0.15) is 0 Å². The van der Waals surface area contributed by atoms with Crippen LogP contribution in [0.3, 0.4) is 0 Å². The Morgan fingerprint density at radius 1 is 1.50 bits per heavy atom. The summed E-state index contributed by atoms with van der Waals surface area (Å²) in [5.74, 6) is 0.0174. The van der Waals surface area contributed by atoms with E-state index in [0.717, 1.165) is 7.57 Å². The van der Waals surface area contributed by atoms with Gasteiger partial charge in [0.25, 0.3) is 5.91 Å². The molecule has 0 aliphatic heterocycles. The van der Waals surface area contributed by atoms with Crippen LogP contribution in [0, 0.1) is 0 Å². The number of carbonyl (C=O) groups is 1. The van der Waals surface area contributed by atoms with Gasteiger partial charge in [0.05, 0.1) is 13.1 Å². The molecule has 66 valence electrons. The highest BCUT2D eigenvalue weighted by atomic mass is 79.9. The molecule has 0 radical (unpaired) electrons. The fourth-order valence-corrected chi connectivity index (χ4v) is 3.50. The number of thiophene rings is 1. The zero-order valence-electron chi connectivity index (χ0n) is 6.60. The number of hydrogen-bond acceptors (Lipinski definition) is 2. The van der Waals surface area contributed by atoms with E-state index in [9.17, 15) is 4.79 Å². The minimum Gasteiger partial charge on any atom is -0.345 e. The molecule has 1 aromatic rings. The minimum atomic E-state index is 0.0174. The molecule has 12 heavy (non-hydrogen) atoms. The summed E-state index contributed by atoms with van der Waals surface area (Å²) in [4.78, 5) is 13.0. The van der Waals surface area contributed by atoms with Gasteiger partial charge in [0, 0.05) is 14.1 Å². The summed E-state index contributed by atoms with van der Waals surface area (Å²) in [6.45, 7) is 0. The van der Waals surface area contributed by atoms with Gasteiger partial charge in [0.15, 0.2) is 0 Å². The van der Waals surface area contributed by atoms with Crippen LogP contribution in [-0.4, -0.2) is 24.9 Å². The summed E-state index contributed by atoms with van der Waals surface area (Å²) >= 11 is 8.15. The van der Waals surface area contributed by atoms with Crippen molar-refractivity contribution in [1.29, 1.82) is 0 Å². The maximum absolute atomic E-state index is 11.5. The second-order valence-electron chi connectivity index (χ2n) is 2.44. The van der Waals surface area contributed by atoms with Crippen LogP contribution < -0.4 is 0 Å². The number of rotatable bonds is 1. The van der Waals surface area contributed by atoms with E-state index in [-0.39, 0.29) is 5.91 Å². The van der Waals surface area contributed by atoms with E-state index in [1.165, 1.54) is 11.3 Å². The Hall–Kier alpha value is 0.130. The SMILES string of the molecule is CN(C)C(=O)c1cc(Br)sc1Br. The van der Waals surface area contributed by atoms with Gasteiger partial charge in [-0.05, 0) is 37.9 Å². The smallest absolute Gasteiger partial charge is 0.255 e. The minimum absolute atomic E-state index is 0.0174. The molecule has 1 heterocycles. The molecule has 0 bridgehead atoms. The summed E-state index contributed by atoms with van der Waals surface area (Å²) in [7, 11) is 3.47. The van der Waals surface area contributed by atoms with Gasteiger partial charge in [-0.25, -0.2) is 0 Å². The van der Waals surface area contributed by atoms with E-state index in [4.69, 9.17) is 0 Å². The highest BCUT2D eigenvalue weighted by Crippen LogP contribution is 2.32. The molecule has 0 atom stereocenters. The van der Waals surface area contributed by atoms with E-state index >= 15 is 0 Å². The highest BCUT2D eigenvalue weighted by Gasteiger charge is 2.14. The highest BCUT2D eigenvalue weighted by molar-refractivity contribution is 9.12. The van der Waals surface area contributed by atoms with Crippen LogP contribution in [0.4, 0.5) is 0 Å². The predicted molar refractivity (Wildman–Crippen MR) is 57.7 cm³/mol. The van der Waals surface area contributed by atoms with Gasteiger partial charge in [-0.15, -0.1) is 11.3 Å². The van der Waals surface area contributed by atoms with Crippen molar-refractivity contribution < 1.29 is 4.79 Å². The molecule has 0 fully saturated rings. The molecule has 2 nitrogen and oxygen atoms in total. The lowest BCUT2D eigenvalue weighted by atomic mass is 10.3. The first-order valence-electron chi connectivity index (χ1n) is 3.19. The van der Waals surface area contributed by atoms with Crippen LogP contribution in [0.5, 0.6) is 0 Å². The third-order valence-electron chi connectivity index (χ3n) is 1.29. The van der Waals surface area contributed by atoms with Crippen molar-refractivity contribution in [3.63, 3.8) is 0 Å². The third-order valence-corrected chi connectivity index (χ3v) is 3.63. The third kappa shape index (κ3) is 2.08. The molecule has 1 amide bonds. The van der Waals surface area contributed by atoms with Gasteiger partial charge in [-0.3, -0.25) is 4.79 Å². The Morgan fingerprint density at radius 3 is 2.42 bits per heavy atom. The maximum Gasteiger partial charge on any atom is 0.255 e. The quantitative estimate of drug-likeness (QED) is 0.780. The first-order chi connectivity index (χ1) is 5.52. The normalized spacial score (nSPS) is 10.0. The fourth-order valence-electron chi connectivity index (χ4n) is 0.727. The number of carbonyl (C=O) groups excluding carboxylic acids is 1. The predicted octanol–water partition coefficient (Wildman–Crippen LogP) is 2.97. The topological polar surface area (TPSA) is 20.3 Å². The van der Waals surface area contributed by atoms with Crippen molar-refractivity contribution >= 4 is 49.1 Å². The van der Waals surface area contributed by atoms with E-state index in [1.54, 1.807) is 19.0 Å². The van der Waals surface area contributed by atoms with E-state index in [2.05, 4.69) is 31.9 Å². The van der Waals surface area contributed by atoms with Crippen LogP contribution in [0.2, 0.25) is 0 Å². The summed E-state index contributed by atoms with van der Waals surface area (Å²) in [5.41, 5.74) is 0.705. The summed E-state index contributed by atoms with van der Waals surface area (Å²) in [5, 5.41) is 0. The van der Waals surface area contributed by atoms with E-state index in [1.807, 2.05) is 6.07 Å². The van der Waals surface area contributed by atoms with Crippen LogP contribution >= 0.6 is 43.2 Å². The van der Waals surface area contributed by atoms with Crippen molar-refractivity contribution in [2.45, 2.75) is 0 Å². The van der Waals surface area contributed by atoms with Crippen LogP contribution in [0.25, 0.3) is 0 Å². The average Bonchev–Trinajstić information content (AvgIpc) is 2.28. The van der Waals surface area contributed by atoms with Crippen LogP contribution in [0.1, 0.15) is 10.4 Å². The van der Waals surface area contributed by atoms with Crippen LogP contribution in [-0.2, 0) is 0 Å².